The molecule has 0 amide bonds. The van der Waals surface area contributed by atoms with Crippen molar-refractivity contribution in [2.45, 2.75) is 12.8 Å². The van der Waals surface area contributed by atoms with E-state index >= 15 is 0 Å². The Hall–Kier alpha value is -4.46. The Bertz CT molecular complexity index is 1410. The van der Waals surface area contributed by atoms with E-state index in [4.69, 9.17) is 9.15 Å². The number of fused-ring (bicyclic) bond motifs is 2. The molecule has 1 aliphatic carbocycles. The standard InChI is InChI=1S/C25H18N2O6/c1-13-20(25(29)32-2)21(22-23(26-13)14-7-3-4-8-15(14)24(22)28)19-12-11-18(33-19)16-9-5-6-10-17(16)27(30)31/h3-12,21,26H,1-2H3/t21-/m1/s1. The fraction of sp³-hybridized carbons (Fsp3) is 0.120. The van der Waals surface area contributed by atoms with Crippen LogP contribution >= 0.6 is 0 Å². The fourth-order valence-electron chi connectivity index (χ4n) is 4.49. The molecular formula is C25H18N2O6. The molecule has 0 radical (unpaired) electrons. The molecule has 0 unspecified atom stereocenters. The van der Waals surface area contributed by atoms with Gasteiger partial charge < -0.3 is 14.5 Å². The Morgan fingerprint density at radius 2 is 1.70 bits per heavy atom. The molecule has 0 bridgehead atoms. The normalized spacial score (nSPS) is 16.9. The zero-order valence-corrected chi connectivity index (χ0v) is 17.7. The van der Waals surface area contributed by atoms with Crippen LogP contribution in [-0.2, 0) is 9.53 Å². The van der Waals surface area contributed by atoms with Crippen molar-refractivity contribution < 1.29 is 23.7 Å². The first-order chi connectivity index (χ1) is 15.9. The van der Waals surface area contributed by atoms with Crippen molar-refractivity contribution >= 4 is 23.1 Å². The molecule has 0 spiro atoms. The second kappa shape index (κ2) is 7.59. The number of methoxy groups -OCH3 is 1. The van der Waals surface area contributed by atoms with Crippen molar-refractivity contribution in [1.29, 1.82) is 0 Å². The second-order valence-electron chi connectivity index (χ2n) is 7.73. The highest BCUT2D eigenvalue weighted by Gasteiger charge is 2.44. The Kier molecular flexibility index (Phi) is 4.70. The van der Waals surface area contributed by atoms with Crippen molar-refractivity contribution in [3.8, 4) is 11.3 Å². The topological polar surface area (TPSA) is 112 Å². The predicted octanol–water partition coefficient (Wildman–Crippen LogP) is 4.60. The molecule has 33 heavy (non-hydrogen) atoms. The van der Waals surface area contributed by atoms with Gasteiger partial charge in [-0.05, 0) is 25.1 Å². The Balaban J connectivity index is 1.69. The number of benzene rings is 2. The van der Waals surface area contributed by atoms with Gasteiger partial charge in [0.1, 0.15) is 11.5 Å². The molecule has 164 valence electrons. The number of Topliss-reactive ketones (excluding diaryl/α,β-unsaturated/α-hetero) is 1. The number of nitro groups is 1. The summed E-state index contributed by atoms with van der Waals surface area (Å²) >= 11 is 0. The molecule has 0 fully saturated rings. The minimum absolute atomic E-state index is 0.104. The van der Waals surface area contributed by atoms with Gasteiger partial charge in [-0.1, -0.05) is 36.4 Å². The van der Waals surface area contributed by atoms with Crippen LogP contribution in [0.25, 0.3) is 17.0 Å². The number of para-hydroxylation sites is 1. The lowest BCUT2D eigenvalue weighted by atomic mass is 9.83. The van der Waals surface area contributed by atoms with Crippen LogP contribution in [0.2, 0.25) is 0 Å². The lowest BCUT2D eigenvalue weighted by Gasteiger charge is -2.27. The monoisotopic (exact) mass is 442 g/mol. The van der Waals surface area contributed by atoms with E-state index in [1.165, 1.54) is 13.2 Å². The molecule has 0 saturated carbocycles. The van der Waals surface area contributed by atoms with Crippen molar-refractivity contribution in [1.82, 2.24) is 5.32 Å². The molecule has 1 atom stereocenters. The van der Waals surface area contributed by atoms with Gasteiger partial charge in [-0.15, -0.1) is 0 Å². The summed E-state index contributed by atoms with van der Waals surface area (Å²) in [4.78, 5) is 37.2. The maximum absolute atomic E-state index is 13.4. The summed E-state index contributed by atoms with van der Waals surface area (Å²) in [7, 11) is 1.27. The first-order valence-corrected chi connectivity index (χ1v) is 10.2. The third-order valence-corrected chi connectivity index (χ3v) is 5.93. The third-order valence-electron chi connectivity index (χ3n) is 5.93. The van der Waals surface area contributed by atoms with Crippen LogP contribution in [0, 0.1) is 10.1 Å². The zero-order valence-electron chi connectivity index (χ0n) is 17.7. The van der Waals surface area contributed by atoms with Crippen LogP contribution in [-0.4, -0.2) is 23.8 Å². The highest BCUT2D eigenvalue weighted by atomic mass is 16.6. The SMILES string of the molecule is COC(=O)C1=C(C)NC2=C(C(=O)c3ccccc32)[C@@H]1c1ccc(-c2ccccc2[N+](=O)[O-])o1. The summed E-state index contributed by atoms with van der Waals surface area (Å²) in [6, 6.07) is 16.7. The minimum Gasteiger partial charge on any atom is -0.466 e. The number of hydrogen-bond donors (Lipinski definition) is 1. The number of nitrogens with one attached hydrogen (secondary N) is 1. The number of rotatable bonds is 4. The van der Waals surface area contributed by atoms with Gasteiger partial charge in [-0.25, -0.2) is 4.79 Å². The molecule has 8 nitrogen and oxygen atoms in total. The van der Waals surface area contributed by atoms with E-state index < -0.39 is 16.8 Å². The number of dihydropyridines is 1. The van der Waals surface area contributed by atoms with E-state index in [0.29, 0.717) is 33.9 Å². The third kappa shape index (κ3) is 3.07. The number of furan rings is 1. The summed E-state index contributed by atoms with van der Waals surface area (Å²) < 4.78 is 11.1. The van der Waals surface area contributed by atoms with Crippen LogP contribution in [0.3, 0.4) is 0 Å². The molecule has 8 heteroatoms. The van der Waals surface area contributed by atoms with Crippen molar-refractivity contribution in [2.75, 3.05) is 7.11 Å². The molecular weight excluding hydrogens is 424 g/mol. The largest absolute Gasteiger partial charge is 0.466 e. The highest BCUT2D eigenvalue weighted by Crippen LogP contribution is 2.47. The Morgan fingerprint density at radius 3 is 2.39 bits per heavy atom. The zero-order chi connectivity index (χ0) is 23.3. The fourth-order valence-corrected chi connectivity index (χ4v) is 4.49. The molecule has 0 saturated heterocycles. The number of carbonyl (C=O) groups is 2. The number of hydrogen-bond acceptors (Lipinski definition) is 7. The lowest BCUT2D eigenvalue weighted by molar-refractivity contribution is -0.384. The number of ketones is 1. The van der Waals surface area contributed by atoms with Gasteiger partial charge in [0.25, 0.3) is 5.69 Å². The number of nitrogens with zero attached hydrogens (tertiary/aromatic N) is 1. The number of allylic oxidation sites excluding steroid dienone is 2. The Morgan fingerprint density at radius 1 is 1.03 bits per heavy atom. The smallest absolute Gasteiger partial charge is 0.336 e. The van der Waals surface area contributed by atoms with E-state index in [1.54, 1.807) is 49.4 Å². The molecule has 1 N–H and O–H groups in total. The first kappa shape index (κ1) is 20.4. The van der Waals surface area contributed by atoms with E-state index in [-0.39, 0.29) is 22.8 Å². The maximum atomic E-state index is 13.4. The molecule has 2 aromatic carbocycles. The van der Waals surface area contributed by atoms with Crippen LogP contribution in [0.4, 0.5) is 5.69 Å². The van der Waals surface area contributed by atoms with E-state index in [9.17, 15) is 19.7 Å². The summed E-state index contributed by atoms with van der Waals surface area (Å²) in [5.74, 6) is -1.05. The molecule has 3 aromatic rings. The van der Waals surface area contributed by atoms with Crippen LogP contribution in [0.1, 0.15) is 34.5 Å². The summed E-state index contributed by atoms with van der Waals surface area (Å²) in [5, 5.41) is 14.7. The van der Waals surface area contributed by atoms with Gasteiger partial charge in [-0.2, -0.15) is 0 Å². The predicted molar refractivity (Wildman–Crippen MR) is 119 cm³/mol. The van der Waals surface area contributed by atoms with Gasteiger partial charge in [0.05, 0.1) is 34.8 Å². The van der Waals surface area contributed by atoms with Crippen molar-refractivity contribution in [2.24, 2.45) is 0 Å². The van der Waals surface area contributed by atoms with E-state index in [0.717, 1.165) is 5.56 Å². The number of ether oxygens (including phenoxy) is 1. The minimum atomic E-state index is -0.829. The second-order valence-corrected chi connectivity index (χ2v) is 7.73. The summed E-state index contributed by atoms with van der Waals surface area (Å²) in [5.41, 5.74) is 3.27. The molecule has 1 aliphatic heterocycles. The molecule has 1 aromatic heterocycles. The Labute approximate surface area is 188 Å². The molecule has 5 rings (SSSR count). The van der Waals surface area contributed by atoms with Gasteiger partial charge in [0, 0.05) is 28.5 Å². The van der Waals surface area contributed by atoms with E-state index in [1.807, 2.05) is 12.1 Å². The van der Waals surface area contributed by atoms with Gasteiger partial charge in [-0.3, -0.25) is 14.9 Å². The first-order valence-electron chi connectivity index (χ1n) is 10.2. The molecule has 2 heterocycles. The highest BCUT2D eigenvalue weighted by molar-refractivity contribution is 6.23. The van der Waals surface area contributed by atoms with Crippen LogP contribution < -0.4 is 5.32 Å². The quantitative estimate of drug-likeness (QED) is 0.357. The summed E-state index contributed by atoms with van der Waals surface area (Å²) in [6.07, 6.45) is 0. The lowest BCUT2D eigenvalue weighted by Crippen LogP contribution is -2.28. The molecule has 2 aliphatic rings. The van der Waals surface area contributed by atoms with Crippen LogP contribution in [0.15, 0.2) is 81.9 Å². The van der Waals surface area contributed by atoms with Gasteiger partial charge >= 0.3 is 5.97 Å². The number of carbonyl (C=O) groups excluding carboxylic acids is 2. The van der Waals surface area contributed by atoms with Gasteiger partial charge in [0.2, 0.25) is 0 Å². The summed E-state index contributed by atoms with van der Waals surface area (Å²) in [6.45, 7) is 1.74. The van der Waals surface area contributed by atoms with Crippen molar-refractivity contribution in [3.05, 3.63) is 105 Å². The number of esters is 1. The average Bonchev–Trinajstić information content (AvgIpc) is 3.42. The van der Waals surface area contributed by atoms with E-state index in [2.05, 4.69) is 5.32 Å². The van der Waals surface area contributed by atoms with Gasteiger partial charge in [0.15, 0.2) is 5.78 Å². The average molecular weight is 442 g/mol. The van der Waals surface area contributed by atoms with Crippen molar-refractivity contribution in [3.63, 3.8) is 0 Å². The number of nitro benzene ring substituents is 1. The van der Waals surface area contributed by atoms with Crippen LogP contribution in [0.5, 0.6) is 0 Å². The maximum Gasteiger partial charge on any atom is 0.336 e.